The predicted molar refractivity (Wildman–Crippen MR) is 58.8 cm³/mol. The third-order valence-corrected chi connectivity index (χ3v) is 2.93. The molecule has 0 heterocycles. The number of aliphatic carboxylic acids is 1. The van der Waals surface area contributed by atoms with E-state index < -0.39 is 5.97 Å². The molecular formula is C13H16O2. The highest BCUT2D eigenvalue weighted by Gasteiger charge is 2.22. The van der Waals surface area contributed by atoms with Crippen molar-refractivity contribution in [1.82, 2.24) is 0 Å². The minimum Gasteiger partial charge on any atom is -0.481 e. The quantitative estimate of drug-likeness (QED) is 0.800. The van der Waals surface area contributed by atoms with Crippen molar-refractivity contribution < 1.29 is 9.90 Å². The highest BCUT2D eigenvalue weighted by molar-refractivity contribution is 5.67. The standard InChI is InChI=1S/C13H16O2/c14-13(15)8-7-11-3-1-2-4-12(11)9-10-5-6-10/h1-4,10H,5-9H2,(H,14,15). The van der Waals surface area contributed by atoms with Gasteiger partial charge in [0.1, 0.15) is 0 Å². The number of carboxylic acids is 1. The highest BCUT2D eigenvalue weighted by atomic mass is 16.4. The van der Waals surface area contributed by atoms with Gasteiger partial charge in [-0.2, -0.15) is 0 Å². The van der Waals surface area contributed by atoms with Crippen molar-refractivity contribution in [3.63, 3.8) is 0 Å². The Morgan fingerprint density at radius 2 is 1.93 bits per heavy atom. The van der Waals surface area contributed by atoms with E-state index in [1.165, 1.54) is 24.0 Å². The maximum absolute atomic E-state index is 10.5. The summed E-state index contributed by atoms with van der Waals surface area (Å²) in [6.07, 6.45) is 4.72. The number of rotatable bonds is 5. The zero-order valence-electron chi connectivity index (χ0n) is 8.78. The van der Waals surface area contributed by atoms with Crippen LogP contribution in [0.15, 0.2) is 24.3 Å². The van der Waals surface area contributed by atoms with Crippen LogP contribution in [0.1, 0.15) is 30.4 Å². The Morgan fingerprint density at radius 3 is 2.53 bits per heavy atom. The molecule has 0 amide bonds. The molecule has 0 aliphatic heterocycles. The Labute approximate surface area is 89.9 Å². The average Bonchev–Trinajstić information content (AvgIpc) is 3.00. The van der Waals surface area contributed by atoms with Crippen molar-refractivity contribution in [1.29, 1.82) is 0 Å². The molecule has 0 spiro atoms. The summed E-state index contributed by atoms with van der Waals surface area (Å²) in [6.45, 7) is 0. The van der Waals surface area contributed by atoms with Crippen LogP contribution in [0.5, 0.6) is 0 Å². The second-order valence-electron chi connectivity index (χ2n) is 4.31. The van der Waals surface area contributed by atoms with Crippen molar-refractivity contribution in [2.45, 2.75) is 32.1 Å². The van der Waals surface area contributed by atoms with Crippen molar-refractivity contribution in [3.05, 3.63) is 35.4 Å². The van der Waals surface area contributed by atoms with Gasteiger partial charge in [-0.15, -0.1) is 0 Å². The fraction of sp³-hybridized carbons (Fsp3) is 0.462. The summed E-state index contributed by atoms with van der Waals surface area (Å²) in [4.78, 5) is 10.5. The van der Waals surface area contributed by atoms with Gasteiger partial charge in [-0.25, -0.2) is 0 Å². The molecule has 1 fully saturated rings. The van der Waals surface area contributed by atoms with E-state index in [2.05, 4.69) is 12.1 Å². The molecule has 0 atom stereocenters. The molecule has 80 valence electrons. The molecule has 2 rings (SSSR count). The van der Waals surface area contributed by atoms with Gasteiger partial charge in [-0.05, 0) is 42.7 Å². The molecule has 2 nitrogen and oxygen atoms in total. The number of hydrogen-bond donors (Lipinski definition) is 1. The smallest absolute Gasteiger partial charge is 0.303 e. The molecule has 1 aromatic carbocycles. The van der Waals surface area contributed by atoms with Crippen LogP contribution in [-0.2, 0) is 17.6 Å². The second kappa shape index (κ2) is 4.47. The molecule has 15 heavy (non-hydrogen) atoms. The highest BCUT2D eigenvalue weighted by Crippen LogP contribution is 2.33. The number of carbonyl (C=O) groups is 1. The SMILES string of the molecule is O=C(O)CCc1ccccc1CC1CC1. The van der Waals surface area contributed by atoms with E-state index in [4.69, 9.17) is 5.11 Å². The molecule has 1 aliphatic carbocycles. The van der Waals surface area contributed by atoms with Crippen LogP contribution in [0.2, 0.25) is 0 Å². The summed E-state index contributed by atoms with van der Waals surface area (Å²) >= 11 is 0. The summed E-state index contributed by atoms with van der Waals surface area (Å²) in [7, 11) is 0. The molecule has 2 heteroatoms. The number of carboxylic acid groups (broad SMARTS) is 1. The maximum Gasteiger partial charge on any atom is 0.303 e. The van der Waals surface area contributed by atoms with E-state index in [0.717, 1.165) is 12.3 Å². The summed E-state index contributed by atoms with van der Waals surface area (Å²) in [6, 6.07) is 8.23. The third kappa shape index (κ3) is 3.08. The van der Waals surface area contributed by atoms with Crippen LogP contribution in [0.4, 0.5) is 0 Å². The molecule has 1 N–H and O–H groups in total. The Kier molecular flexibility index (Phi) is 3.05. The van der Waals surface area contributed by atoms with Crippen molar-refractivity contribution in [2.75, 3.05) is 0 Å². The lowest BCUT2D eigenvalue weighted by Crippen LogP contribution is -2.01. The minimum absolute atomic E-state index is 0.238. The lowest BCUT2D eigenvalue weighted by Gasteiger charge is -2.07. The lowest BCUT2D eigenvalue weighted by molar-refractivity contribution is -0.136. The van der Waals surface area contributed by atoms with Gasteiger partial charge in [-0.3, -0.25) is 4.79 Å². The van der Waals surface area contributed by atoms with Crippen LogP contribution in [0.25, 0.3) is 0 Å². The lowest BCUT2D eigenvalue weighted by atomic mass is 9.99. The fourth-order valence-corrected chi connectivity index (χ4v) is 1.88. The van der Waals surface area contributed by atoms with Crippen LogP contribution in [0, 0.1) is 5.92 Å². The first kappa shape index (κ1) is 10.2. The van der Waals surface area contributed by atoms with Crippen molar-refractivity contribution >= 4 is 5.97 Å². The number of aryl methyl sites for hydroxylation is 1. The van der Waals surface area contributed by atoms with Crippen LogP contribution < -0.4 is 0 Å². The Bertz CT molecular complexity index is 353. The topological polar surface area (TPSA) is 37.3 Å². The summed E-state index contributed by atoms with van der Waals surface area (Å²) in [5.74, 6) is 0.146. The Morgan fingerprint density at radius 1 is 1.27 bits per heavy atom. The van der Waals surface area contributed by atoms with Gasteiger partial charge in [0.2, 0.25) is 0 Å². The Balaban J connectivity index is 2.02. The average molecular weight is 204 g/mol. The zero-order chi connectivity index (χ0) is 10.7. The Hall–Kier alpha value is -1.31. The van der Waals surface area contributed by atoms with Gasteiger partial charge in [0.25, 0.3) is 0 Å². The predicted octanol–water partition coefficient (Wildman–Crippen LogP) is 2.66. The number of benzene rings is 1. The molecule has 1 aliphatic rings. The van der Waals surface area contributed by atoms with E-state index >= 15 is 0 Å². The van der Waals surface area contributed by atoms with Gasteiger partial charge in [0.15, 0.2) is 0 Å². The van der Waals surface area contributed by atoms with Gasteiger partial charge in [0, 0.05) is 6.42 Å². The maximum atomic E-state index is 10.5. The molecule has 0 radical (unpaired) electrons. The van der Waals surface area contributed by atoms with Gasteiger partial charge < -0.3 is 5.11 Å². The first-order valence-corrected chi connectivity index (χ1v) is 5.54. The zero-order valence-corrected chi connectivity index (χ0v) is 8.78. The van der Waals surface area contributed by atoms with E-state index in [1.54, 1.807) is 0 Å². The molecule has 0 saturated heterocycles. The molecule has 1 saturated carbocycles. The number of hydrogen-bond acceptors (Lipinski definition) is 1. The van der Waals surface area contributed by atoms with E-state index in [0.29, 0.717) is 6.42 Å². The summed E-state index contributed by atoms with van der Waals surface area (Å²) < 4.78 is 0. The van der Waals surface area contributed by atoms with Gasteiger partial charge in [-0.1, -0.05) is 24.3 Å². The minimum atomic E-state index is -0.712. The van der Waals surface area contributed by atoms with Crippen molar-refractivity contribution in [2.24, 2.45) is 5.92 Å². The summed E-state index contributed by atoms with van der Waals surface area (Å²) in [5, 5.41) is 8.66. The first-order valence-electron chi connectivity index (χ1n) is 5.54. The molecule has 1 aromatic rings. The van der Waals surface area contributed by atoms with Crippen LogP contribution in [-0.4, -0.2) is 11.1 Å². The second-order valence-corrected chi connectivity index (χ2v) is 4.31. The van der Waals surface area contributed by atoms with E-state index in [9.17, 15) is 4.79 Å². The first-order chi connectivity index (χ1) is 7.25. The monoisotopic (exact) mass is 204 g/mol. The van der Waals surface area contributed by atoms with Crippen LogP contribution >= 0.6 is 0 Å². The molecular weight excluding hydrogens is 188 g/mol. The van der Waals surface area contributed by atoms with Gasteiger partial charge >= 0.3 is 5.97 Å². The van der Waals surface area contributed by atoms with Gasteiger partial charge in [0.05, 0.1) is 0 Å². The summed E-state index contributed by atoms with van der Waals surface area (Å²) in [5.41, 5.74) is 2.56. The normalized spacial score (nSPS) is 15.2. The fourth-order valence-electron chi connectivity index (χ4n) is 1.88. The largest absolute Gasteiger partial charge is 0.481 e. The molecule has 0 unspecified atom stereocenters. The van der Waals surface area contributed by atoms with E-state index in [1.807, 2.05) is 12.1 Å². The van der Waals surface area contributed by atoms with Crippen molar-refractivity contribution in [3.8, 4) is 0 Å². The third-order valence-electron chi connectivity index (χ3n) is 2.93. The van der Waals surface area contributed by atoms with E-state index in [-0.39, 0.29) is 6.42 Å². The molecule has 0 bridgehead atoms. The molecule has 0 aromatic heterocycles. The van der Waals surface area contributed by atoms with Crippen LogP contribution in [0.3, 0.4) is 0 Å².